The van der Waals surface area contributed by atoms with Crippen molar-refractivity contribution in [2.24, 2.45) is 0 Å². The highest BCUT2D eigenvalue weighted by Crippen LogP contribution is 2.29. The molecule has 0 unspecified atom stereocenters. The van der Waals surface area contributed by atoms with E-state index in [-0.39, 0.29) is 6.03 Å². The molecule has 1 aromatic carbocycles. The first kappa shape index (κ1) is 14.4. The van der Waals surface area contributed by atoms with E-state index in [2.05, 4.69) is 5.32 Å². The zero-order valence-corrected chi connectivity index (χ0v) is 12.1. The number of carbonyl (C=O) groups is 1. The van der Waals surface area contributed by atoms with Crippen molar-refractivity contribution in [1.29, 1.82) is 0 Å². The van der Waals surface area contributed by atoms with Gasteiger partial charge < -0.3 is 15.3 Å². The van der Waals surface area contributed by atoms with Crippen LogP contribution in [0.1, 0.15) is 19.8 Å². The molecule has 1 fully saturated rings. The predicted molar refractivity (Wildman–Crippen MR) is 76.9 cm³/mol. The lowest BCUT2D eigenvalue weighted by Gasteiger charge is -2.46. The minimum atomic E-state index is -0.732. The summed E-state index contributed by atoms with van der Waals surface area (Å²) in [5.74, 6) is 0. The van der Waals surface area contributed by atoms with Crippen LogP contribution in [0.15, 0.2) is 18.2 Å². The number of hydrogen-bond acceptors (Lipinski definition) is 2. The summed E-state index contributed by atoms with van der Waals surface area (Å²) < 4.78 is 0. The van der Waals surface area contributed by atoms with Gasteiger partial charge in [-0.05, 0) is 24.6 Å². The lowest BCUT2D eigenvalue weighted by Crippen LogP contribution is -2.64. The third kappa shape index (κ3) is 3.32. The van der Waals surface area contributed by atoms with Crippen LogP contribution in [0.25, 0.3) is 0 Å². The number of urea groups is 1. The van der Waals surface area contributed by atoms with Crippen molar-refractivity contribution < 1.29 is 9.90 Å². The Morgan fingerprint density at radius 1 is 1.47 bits per heavy atom. The summed E-state index contributed by atoms with van der Waals surface area (Å²) in [6, 6.07) is 4.61. The Morgan fingerprint density at radius 3 is 2.79 bits per heavy atom. The van der Waals surface area contributed by atoms with E-state index < -0.39 is 5.60 Å². The highest BCUT2D eigenvalue weighted by Gasteiger charge is 2.42. The molecular formula is C13H16Cl2N2O2. The Hall–Kier alpha value is -0.970. The normalized spacial score (nSPS) is 16.9. The molecule has 0 aliphatic carbocycles. The summed E-state index contributed by atoms with van der Waals surface area (Å²) in [4.78, 5) is 13.5. The molecule has 0 saturated carbocycles. The first-order chi connectivity index (χ1) is 8.93. The van der Waals surface area contributed by atoms with Gasteiger partial charge in [-0.15, -0.1) is 0 Å². The van der Waals surface area contributed by atoms with Crippen molar-refractivity contribution in [2.45, 2.75) is 25.4 Å². The van der Waals surface area contributed by atoms with Gasteiger partial charge in [0.05, 0.1) is 29.4 Å². The zero-order valence-electron chi connectivity index (χ0n) is 10.6. The summed E-state index contributed by atoms with van der Waals surface area (Å²) in [6.07, 6.45) is 1.60. The average molecular weight is 303 g/mol. The summed E-state index contributed by atoms with van der Waals surface area (Å²) in [5.41, 5.74) is -0.255. The minimum absolute atomic E-state index is 0.273. The Balaban J connectivity index is 1.94. The molecule has 19 heavy (non-hydrogen) atoms. The molecule has 0 aromatic heterocycles. The van der Waals surface area contributed by atoms with Gasteiger partial charge in [0, 0.05) is 5.02 Å². The third-order valence-corrected chi connectivity index (χ3v) is 3.71. The van der Waals surface area contributed by atoms with Gasteiger partial charge in [0.2, 0.25) is 0 Å². The monoisotopic (exact) mass is 302 g/mol. The van der Waals surface area contributed by atoms with Crippen LogP contribution >= 0.6 is 23.2 Å². The molecule has 6 heteroatoms. The van der Waals surface area contributed by atoms with Crippen LogP contribution in [-0.2, 0) is 0 Å². The van der Waals surface area contributed by atoms with Crippen LogP contribution in [0.5, 0.6) is 0 Å². The standard InChI is InChI=1S/C13H16Cl2N2O2/c1-2-5-13(19)7-17(8-13)12(18)16-11-6-9(14)3-4-10(11)15/h3-4,6,19H,2,5,7-8H2,1H3,(H,16,18). The van der Waals surface area contributed by atoms with Gasteiger partial charge in [0.15, 0.2) is 0 Å². The van der Waals surface area contributed by atoms with E-state index in [9.17, 15) is 9.90 Å². The number of carbonyl (C=O) groups excluding carboxylic acids is 1. The van der Waals surface area contributed by atoms with Gasteiger partial charge in [0.1, 0.15) is 0 Å². The molecule has 2 rings (SSSR count). The highest BCUT2D eigenvalue weighted by atomic mass is 35.5. The molecule has 2 N–H and O–H groups in total. The molecule has 0 radical (unpaired) electrons. The number of β-amino-alcohol motifs (C(OH)–C–C–N with tert-alkyl or cyclic N) is 1. The van der Waals surface area contributed by atoms with Crippen LogP contribution in [0.3, 0.4) is 0 Å². The summed E-state index contributed by atoms with van der Waals surface area (Å²) in [6.45, 7) is 2.71. The number of likely N-dealkylation sites (tertiary alicyclic amines) is 1. The first-order valence-electron chi connectivity index (χ1n) is 6.17. The molecule has 1 aliphatic rings. The fraction of sp³-hybridized carbons (Fsp3) is 0.462. The fourth-order valence-electron chi connectivity index (χ4n) is 2.22. The number of halogens is 2. The predicted octanol–water partition coefficient (Wildman–Crippen LogP) is 3.37. The van der Waals surface area contributed by atoms with E-state index in [1.54, 1.807) is 23.1 Å². The van der Waals surface area contributed by atoms with Crippen LogP contribution < -0.4 is 5.32 Å². The average Bonchev–Trinajstić information content (AvgIpc) is 2.31. The quantitative estimate of drug-likeness (QED) is 0.899. The van der Waals surface area contributed by atoms with E-state index in [0.29, 0.717) is 35.2 Å². The van der Waals surface area contributed by atoms with E-state index in [0.717, 1.165) is 6.42 Å². The molecule has 0 bridgehead atoms. The van der Waals surface area contributed by atoms with Crippen LogP contribution in [0, 0.1) is 0 Å². The SMILES string of the molecule is CCCC1(O)CN(C(=O)Nc2cc(Cl)ccc2Cl)C1. The minimum Gasteiger partial charge on any atom is -0.386 e. The lowest BCUT2D eigenvalue weighted by atomic mass is 9.90. The maximum Gasteiger partial charge on any atom is 0.322 e. The molecule has 1 heterocycles. The Kier molecular flexibility index (Phi) is 4.23. The molecule has 104 valence electrons. The molecule has 0 spiro atoms. The first-order valence-corrected chi connectivity index (χ1v) is 6.92. The van der Waals surface area contributed by atoms with Gasteiger partial charge in [0.25, 0.3) is 0 Å². The Morgan fingerprint density at radius 2 is 2.16 bits per heavy atom. The smallest absolute Gasteiger partial charge is 0.322 e. The van der Waals surface area contributed by atoms with Gasteiger partial charge in [-0.2, -0.15) is 0 Å². The molecule has 1 aromatic rings. The number of nitrogens with zero attached hydrogens (tertiary/aromatic N) is 1. The van der Waals surface area contributed by atoms with Crippen molar-refractivity contribution in [3.8, 4) is 0 Å². The van der Waals surface area contributed by atoms with Gasteiger partial charge in [-0.1, -0.05) is 36.5 Å². The Bertz CT molecular complexity index is 488. The van der Waals surface area contributed by atoms with Crippen molar-refractivity contribution in [2.75, 3.05) is 18.4 Å². The maximum atomic E-state index is 12.0. The van der Waals surface area contributed by atoms with Gasteiger partial charge in [-0.25, -0.2) is 4.79 Å². The van der Waals surface area contributed by atoms with Crippen molar-refractivity contribution in [3.05, 3.63) is 28.2 Å². The second-order valence-corrected chi connectivity index (χ2v) is 5.73. The van der Waals surface area contributed by atoms with Gasteiger partial charge >= 0.3 is 6.03 Å². The number of nitrogens with one attached hydrogen (secondary N) is 1. The summed E-state index contributed by atoms with van der Waals surface area (Å²) >= 11 is 11.8. The van der Waals surface area contributed by atoms with E-state index >= 15 is 0 Å². The molecule has 1 aliphatic heterocycles. The van der Waals surface area contributed by atoms with Crippen molar-refractivity contribution in [3.63, 3.8) is 0 Å². The van der Waals surface area contributed by atoms with E-state index in [4.69, 9.17) is 23.2 Å². The van der Waals surface area contributed by atoms with Crippen LogP contribution in [0.4, 0.5) is 10.5 Å². The number of hydrogen-bond donors (Lipinski definition) is 2. The van der Waals surface area contributed by atoms with Crippen molar-refractivity contribution in [1.82, 2.24) is 4.90 Å². The maximum absolute atomic E-state index is 12.0. The third-order valence-electron chi connectivity index (χ3n) is 3.14. The second-order valence-electron chi connectivity index (χ2n) is 4.88. The number of rotatable bonds is 3. The number of amides is 2. The van der Waals surface area contributed by atoms with Crippen LogP contribution in [-0.4, -0.2) is 34.7 Å². The summed E-state index contributed by atoms with van der Waals surface area (Å²) in [5, 5.41) is 13.7. The lowest BCUT2D eigenvalue weighted by molar-refractivity contribution is -0.0792. The number of benzene rings is 1. The van der Waals surface area contributed by atoms with Crippen LogP contribution in [0.2, 0.25) is 10.0 Å². The molecule has 2 amide bonds. The van der Waals surface area contributed by atoms with E-state index in [1.165, 1.54) is 0 Å². The van der Waals surface area contributed by atoms with E-state index in [1.807, 2.05) is 6.92 Å². The molecular weight excluding hydrogens is 287 g/mol. The molecule has 4 nitrogen and oxygen atoms in total. The topological polar surface area (TPSA) is 52.6 Å². The number of anilines is 1. The number of aliphatic hydroxyl groups is 1. The summed E-state index contributed by atoms with van der Waals surface area (Å²) in [7, 11) is 0. The molecule has 0 atom stereocenters. The molecule has 1 saturated heterocycles. The van der Waals surface area contributed by atoms with Crippen molar-refractivity contribution >= 4 is 34.9 Å². The largest absolute Gasteiger partial charge is 0.386 e. The highest BCUT2D eigenvalue weighted by molar-refractivity contribution is 6.35. The Labute approximate surface area is 122 Å². The fourth-order valence-corrected chi connectivity index (χ4v) is 2.56. The second kappa shape index (κ2) is 5.57. The van der Waals surface area contributed by atoms with Gasteiger partial charge in [-0.3, -0.25) is 0 Å². The zero-order chi connectivity index (χ0) is 14.0.